The number of hydrogen-bond donors (Lipinski definition) is 1. The quantitative estimate of drug-likeness (QED) is 0.491. The van der Waals surface area contributed by atoms with Crippen LogP contribution in [0.1, 0.15) is 35.1 Å². The van der Waals surface area contributed by atoms with Crippen LogP contribution in [-0.4, -0.2) is 10.9 Å². The van der Waals surface area contributed by atoms with Crippen LogP contribution in [0.2, 0.25) is 0 Å². The Hall–Kier alpha value is -2.09. The van der Waals surface area contributed by atoms with Crippen molar-refractivity contribution in [3.05, 3.63) is 70.8 Å². The van der Waals surface area contributed by atoms with Crippen molar-refractivity contribution >= 4 is 5.71 Å². The van der Waals surface area contributed by atoms with Gasteiger partial charge in [-0.2, -0.15) is 0 Å². The van der Waals surface area contributed by atoms with Gasteiger partial charge in [0, 0.05) is 11.1 Å². The molecule has 0 amide bonds. The minimum Gasteiger partial charge on any atom is -0.410 e. The van der Waals surface area contributed by atoms with Gasteiger partial charge in [0.1, 0.15) is 5.71 Å². The lowest BCUT2D eigenvalue weighted by molar-refractivity contribution is 0.319. The maximum absolute atomic E-state index is 9.32. The first-order valence-electron chi connectivity index (χ1n) is 6.78. The summed E-state index contributed by atoms with van der Waals surface area (Å²) in [4.78, 5) is 0. The minimum absolute atomic E-state index is 0.647. The summed E-state index contributed by atoms with van der Waals surface area (Å²) in [6.45, 7) is 0. The summed E-state index contributed by atoms with van der Waals surface area (Å²) in [6.07, 6.45) is 4.85. The largest absolute Gasteiger partial charge is 0.410 e. The van der Waals surface area contributed by atoms with Gasteiger partial charge in [-0.05, 0) is 42.9 Å². The second-order valence-corrected chi connectivity index (χ2v) is 5.01. The highest BCUT2D eigenvalue weighted by Crippen LogP contribution is 2.23. The van der Waals surface area contributed by atoms with E-state index in [0.717, 1.165) is 17.5 Å². The molecule has 2 heteroatoms. The molecule has 19 heavy (non-hydrogen) atoms. The van der Waals surface area contributed by atoms with E-state index in [2.05, 4.69) is 23.4 Å². The Balaban J connectivity index is 2.01. The lowest BCUT2D eigenvalue weighted by Crippen LogP contribution is -2.08. The zero-order valence-corrected chi connectivity index (χ0v) is 10.8. The van der Waals surface area contributed by atoms with Gasteiger partial charge in [-0.3, -0.25) is 0 Å². The summed E-state index contributed by atoms with van der Waals surface area (Å²) >= 11 is 0. The summed E-state index contributed by atoms with van der Waals surface area (Å²) in [5, 5.41) is 12.8. The summed E-state index contributed by atoms with van der Waals surface area (Å²) in [7, 11) is 0. The molecule has 0 radical (unpaired) electrons. The van der Waals surface area contributed by atoms with Crippen molar-refractivity contribution in [2.24, 2.45) is 5.16 Å². The van der Waals surface area contributed by atoms with Gasteiger partial charge < -0.3 is 5.21 Å². The Labute approximate surface area is 113 Å². The van der Waals surface area contributed by atoms with Crippen LogP contribution < -0.4 is 0 Å². The predicted octanol–water partition coefficient (Wildman–Crippen LogP) is 3.79. The van der Waals surface area contributed by atoms with Gasteiger partial charge in [0.2, 0.25) is 0 Å². The van der Waals surface area contributed by atoms with Crippen molar-refractivity contribution in [3.8, 4) is 0 Å². The molecule has 0 bridgehead atoms. The van der Waals surface area contributed by atoms with Crippen LogP contribution in [0.5, 0.6) is 0 Å². The number of nitrogens with zero attached hydrogens (tertiary/aromatic N) is 1. The lowest BCUT2D eigenvalue weighted by Gasteiger charge is -2.17. The SMILES string of the molecule is O/N=C(/c1ccccc1)c1ccc2c(c1)CCCC2. The fourth-order valence-corrected chi connectivity index (χ4v) is 2.76. The van der Waals surface area contributed by atoms with Gasteiger partial charge in [-0.15, -0.1) is 0 Å². The highest BCUT2D eigenvalue weighted by Gasteiger charge is 2.13. The van der Waals surface area contributed by atoms with E-state index in [0.29, 0.717) is 5.71 Å². The molecule has 0 heterocycles. The minimum atomic E-state index is 0.647. The van der Waals surface area contributed by atoms with Crippen molar-refractivity contribution in [2.45, 2.75) is 25.7 Å². The van der Waals surface area contributed by atoms with Crippen LogP contribution in [0.15, 0.2) is 53.7 Å². The molecule has 0 aliphatic heterocycles. The molecule has 1 N–H and O–H groups in total. The summed E-state index contributed by atoms with van der Waals surface area (Å²) in [5.41, 5.74) is 5.44. The van der Waals surface area contributed by atoms with E-state index in [-0.39, 0.29) is 0 Å². The van der Waals surface area contributed by atoms with Gasteiger partial charge in [0.05, 0.1) is 0 Å². The Morgan fingerprint density at radius 1 is 0.842 bits per heavy atom. The molecular formula is C17H17NO. The normalized spacial score (nSPS) is 15.1. The van der Waals surface area contributed by atoms with Crippen LogP contribution in [-0.2, 0) is 12.8 Å². The first-order valence-corrected chi connectivity index (χ1v) is 6.78. The van der Waals surface area contributed by atoms with E-state index in [1.54, 1.807) is 0 Å². The van der Waals surface area contributed by atoms with Crippen LogP contribution in [0.25, 0.3) is 0 Å². The highest BCUT2D eigenvalue weighted by atomic mass is 16.4. The molecule has 0 fully saturated rings. The Morgan fingerprint density at radius 3 is 2.32 bits per heavy atom. The summed E-state index contributed by atoms with van der Waals surface area (Å²) in [6, 6.07) is 16.2. The topological polar surface area (TPSA) is 32.6 Å². The average Bonchev–Trinajstić information content (AvgIpc) is 2.49. The molecule has 1 aliphatic rings. The smallest absolute Gasteiger partial charge is 0.117 e. The van der Waals surface area contributed by atoms with Crippen molar-refractivity contribution in [1.82, 2.24) is 0 Å². The zero-order chi connectivity index (χ0) is 13.1. The summed E-state index contributed by atoms with van der Waals surface area (Å²) < 4.78 is 0. The van der Waals surface area contributed by atoms with Crippen molar-refractivity contribution in [1.29, 1.82) is 0 Å². The van der Waals surface area contributed by atoms with Crippen LogP contribution >= 0.6 is 0 Å². The molecule has 2 aromatic rings. The Morgan fingerprint density at radius 2 is 1.58 bits per heavy atom. The van der Waals surface area contributed by atoms with E-state index < -0.39 is 0 Å². The standard InChI is InChI=1S/C17H17NO/c19-18-17(14-7-2-1-3-8-14)16-11-10-13-6-4-5-9-15(13)12-16/h1-3,7-8,10-12,19H,4-6,9H2/b18-17-. The number of fused-ring (bicyclic) bond motifs is 1. The predicted molar refractivity (Wildman–Crippen MR) is 77.0 cm³/mol. The molecule has 0 saturated heterocycles. The van der Waals surface area contributed by atoms with Crippen molar-refractivity contribution in [3.63, 3.8) is 0 Å². The van der Waals surface area contributed by atoms with Crippen LogP contribution in [0.4, 0.5) is 0 Å². The first kappa shape index (κ1) is 12.0. The zero-order valence-electron chi connectivity index (χ0n) is 10.8. The van der Waals surface area contributed by atoms with Crippen LogP contribution in [0, 0.1) is 0 Å². The number of rotatable bonds is 2. The number of aryl methyl sites for hydroxylation is 2. The number of hydrogen-bond acceptors (Lipinski definition) is 2. The van der Waals surface area contributed by atoms with E-state index in [1.807, 2.05) is 30.3 Å². The van der Waals surface area contributed by atoms with Gasteiger partial charge in [0.15, 0.2) is 0 Å². The molecule has 96 valence electrons. The van der Waals surface area contributed by atoms with Gasteiger partial charge >= 0.3 is 0 Å². The second kappa shape index (κ2) is 5.27. The highest BCUT2D eigenvalue weighted by molar-refractivity contribution is 6.12. The number of oxime groups is 1. The first-order chi connectivity index (χ1) is 9.38. The van der Waals surface area contributed by atoms with E-state index >= 15 is 0 Å². The molecule has 0 spiro atoms. The number of benzene rings is 2. The van der Waals surface area contributed by atoms with Gasteiger partial charge in [-0.25, -0.2) is 0 Å². The third kappa shape index (κ3) is 2.39. The molecule has 0 saturated carbocycles. The lowest BCUT2D eigenvalue weighted by atomic mass is 9.89. The average molecular weight is 251 g/mol. The second-order valence-electron chi connectivity index (χ2n) is 5.01. The molecule has 2 nitrogen and oxygen atoms in total. The van der Waals surface area contributed by atoms with E-state index in [4.69, 9.17) is 0 Å². The monoisotopic (exact) mass is 251 g/mol. The van der Waals surface area contributed by atoms with Crippen molar-refractivity contribution < 1.29 is 5.21 Å². The fraction of sp³-hybridized carbons (Fsp3) is 0.235. The Kier molecular flexibility index (Phi) is 3.32. The maximum atomic E-state index is 9.32. The fourth-order valence-electron chi connectivity index (χ4n) is 2.76. The molecule has 3 rings (SSSR count). The molecule has 0 aromatic heterocycles. The third-order valence-electron chi connectivity index (χ3n) is 3.77. The van der Waals surface area contributed by atoms with E-state index in [1.165, 1.54) is 30.4 Å². The third-order valence-corrected chi connectivity index (χ3v) is 3.77. The molecule has 0 unspecified atom stereocenters. The van der Waals surface area contributed by atoms with Gasteiger partial charge in [-0.1, -0.05) is 47.6 Å². The van der Waals surface area contributed by atoms with Gasteiger partial charge in [0.25, 0.3) is 0 Å². The summed E-state index contributed by atoms with van der Waals surface area (Å²) in [5.74, 6) is 0. The molecule has 2 aromatic carbocycles. The van der Waals surface area contributed by atoms with Crippen molar-refractivity contribution in [2.75, 3.05) is 0 Å². The molecule has 1 aliphatic carbocycles. The molecular weight excluding hydrogens is 234 g/mol. The Bertz CT molecular complexity index is 602. The van der Waals surface area contributed by atoms with Crippen LogP contribution in [0.3, 0.4) is 0 Å². The molecule has 0 atom stereocenters. The maximum Gasteiger partial charge on any atom is 0.117 e. The van der Waals surface area contributed by atoms with E-state index in [9.17, 15) is 5.21 Å².